The molecule has 0 radical (unpaired) electrons. The van der Waals surface area contributed by atoms with Crippen molar-refractivity contribution >= 4 is 5.69 Å². The van der Waals surface area contributed by atoms with Gasteiger partial charge in [-0.15, -0.1) is 0 Å². The van der Waals surface area contributed by atoms with Crippen LogP contribution in [0.4, 0.5) is 5.69 Å². The molecule has 2 aliphatic carbocycles. The highest BCUT2D eigenvalue weighted by Crippen LogP contribution is 2.46. The summed E-state index contributed by atoms with van der Waals surface area (Å²) in [7, 11) is 8.86. The van der Waals surface area contributed by atoms with E-state index in [9.17, 15) is 10.1 Å². The van der Waals surface area contributed by atoms with Gasteiger partial charge in [-0.1, -0.05) is 184 Å². The summed E-state index contributed by atoms with van der Waals surface area (Å²) in [6.07, 6.45) is 8.55. The first-order valence-electron chi connectivity index (χ1n) is 30.3. The second-order valence-electron chi connectivity index (χ2n) is 29.1. The Morgan fingerprint density at radius 1 is 0.349 bits per heavy atom. The van der Waals surface area contributed by atoms with E-state index in [0.717, 1.165) is 119 Å². The van der Waals surface area contributed by atoms with Gasteiger partial charge in [0, 0.05) is 61.8 Å². The highest BCUT2D eigenvalue weighted by Gasteiger charge is 2.31. The van der Waals surface area contributed by atoms with E-state index >= 15 is 0 Å². The number of hydrogen-bond donors (Lipinski definition) is 0. The minimum absolute atomic E-state index is 0.0161. The van der Waals surface area contributed by atoms with Gasteiger partial charge < -0.3 is 28.4 Å². The Morgan fingerprint density at radius 2 is 0.554 bits per heavy atom. The SMILES string of the molecule is COc1c2cc(C(C)(C)C)cc1Cc1cc(C(C)(C)C)cc(c1OC)Cc1cc(C(C)(C)C)cc(c1OC)Cc1cc([N+](=O)[O-])cc(c1OCC1CCCCC1)Cc1cc(C(C)(C)C)cc(c1OC)Cc1cc(C(C)(C)C)cc(c1OC)C2. The number of rotatable bonds is 9. The Hall–Kier alpha value is -6.48. The Labute approximate surface area is 498 Å². The van der Waals surface area contributed by atoms with Crippen LogP contribution in [0.25, 0.3) is 0 Å². The van der Waals surface area contributed by atoms with Crippen LogP contribution in [0.5, 0.6) is 34.5 Å². The maximum atomic E-state index is 13.3. The second-order valence-corrected chi connectivity index (χ2v) is 29.1. The van der Waals surface area contributed by atoms with Crippen molar-refractivity contribution in [2.45, 2.75) is 202 Å². The minimum atomic E-state index is -0.261. The fourth-order valence-corrected chi connectivity index (χ4v) is 12.6. The Balaban J connectivity index is 1.51. The summed E-state index contributed by atoms with van der Waals surface area (Å²) >= 11 is 0. The van der Waals surface area contributed by atoms with Crippen LogP contribution in [0.15, 0.2) is 72.8 Å². The molecule has 0 N–H and O–H groups in total. The quantitative estimate of drug-likeness (QED) is 0.104. The van der Waals surface area contributed by atoms with Crippen molar-refractivity contribution in [2.24, 2.45) is 5.92 Å². The molecule has 12 bridgehead atoms. The topological polar surface area (TPSA) is 98.5 Å². The van der Waals surface area contributed by atoms with E-state index < -0.39 is 0 Å². The number of fused-ring (bicyclic) bond motifs is 12. The van der Waals surface area contributed by atoms with Crippen LogP contribution < -0.4 is 28.4 Å². The largest absolute Gasteiger partial charge is 0.496 e. The Bertz CT molecular complexity index is 3170. The smallest absolute Gasteiger partial charge is 0.270 e. The first-order valence-corrected chi connectivity index (χ1v) is 30.3. The van der Waals surface area contributed by atoms with Gasteiger partial charge in [0.2, 0.25) is 0 Å². The monoisotopic (exact) mass is 1130 g/mol. The van der Waals surface area contributed by atoms with Crippen LogP contribution >= 0.6 is 0 Å². The van der Waals surface area contributed by atoms with Gasteiger partial charge in [0.05, 0.1) is 47.1 Å². The van der Waals surface area contributed by atoms with Crippen LogP contribution in [-0.4, -0.2) is 47.1 Å². The molecule has 9 heteroatoms. The summed E-state index contributed by atoms with van der Waals surface area (Å²) in [5.41, 5.74) is 16.5. The van der Waals surface area contributed by atoms with E-state index in [1.807, 2.05) is 0 Å². The second kappa shape index (κ2) is 24.2. The molecule has 6 aromatic rings. The lowest BCUT2D eigenvalue weighted by Gasteiger charge is -2.28. The van der Waals surface area contributed by atoms with Gasteiger partial charge in [-0.05, 0) is 129 Å². The summed E-state index contributed by atoms with van der Waals surface area (Å²) in [6, 6.07) is 26.5. The predicted molar refractivity (Wildman–Crippen MR) is 340 cm³/mol. The number of nitrogens with zero attached hydrogens (tertiary/aromatic N) is 1. The zero-order chi connectivity index (χ0) is 60.7. The molecule has 6 aromatic carbocycles. The summed E-state index contributed by atoms with van der Waals surface area (Å²) in [5, 5.41) is 13.3. The number of methoxy groups -OCH3 is 5. The fourth-order valence-electron chi connectivity index (χ4n) is 12.6. The van der Waals surface area contributed by atoms with Crippen molar-refractivity contribution in [3.63, 3.8) is 0 Å². The van der Waals surface area contributed by atoms with Crippen molar-refractivity contribution in [3.8, 4) is 34.5 Å². The summed E-state index contributed by atoms with van der Waals surface area (Å²) < 4.78 is 40.3. The standard InChI is InChI=1S/C74H97NO8/c1-70(2,3)58-32-46-26-48-34-59(71(4,5)6)36-50(65(48)79-17)28-52-38-61(73(10,11)12)40-54(67(52)81-19)30-56-42-63(75(76)77)43-57(69(56)83-44-45-24-22-21-23-25-45)31-55-41-62(74(13,14)15)39-53(68(55)82-20)29-51-37-60(72(7,8)9)35-49(66(51)80-18)27-47(33-58)64(46)78-16/h32-43,45H,21-31,44H2,1-20H3. The van der Waals surface area contributed by atoms with Gasteiger partial charge in [-0.25, -0.2) is 0 Å². The lowest BCUT2D eigenvalue weighted by Crippen LogP contribution is -2.18. The third kappa shape index (κ3) is 14.0. The van der Waals surface area contributed by atoms with Gasteiger partial charge >= 0.3 is 0 Å². The third-order valence-corrected chi connectivity index (χ3v) is 17.5. The highest BCUT2D eigenvalue weighted by atomic mass is 16.6. The number of ether oxygens (including phenoxy) is 6. The Kier molecular flexibility index (Phi) is 18.3. The number of non-ortho nitro benzene ring substituents is 1. The van der Waals surface area contributed by atoms with E-state index in [4.69, 9.17) is 28.4 Å². The van der Waals surface area contributed by atoms with E-state index in [1.165, 1.54) is 36.0 Å². The van der Waals surface area contributed by atoms with Crippen LogP contribution in [0, 0.1) is 16.0 Å². The molecular weight excluding hydrogens is 1030 g/mol. The van der Waals surface area contributed by atoms with Crippen LogP contribution in [-0.2, 0) is 65.6 Å². The molecule has 9 nitrogen and oxygen atoms in total. The molecule has 0 unspecified atom stereocenters. The van der Waals surface area contributed by atoms with Crippen molar-refractivity contribution in [2.75, 3.05) is 42.2 Å². The van der Waals surface area contributed by atoms with Gasteiger partial charge in [0.25, 0.3) is 5.69 Å². The first-order chi connectivity index (χ1) is 38.8. The van der Waals surface area contributed by atoms with Crippen molar-refractivity contribution < 1.29 is 33.3 Å². The predicted octanol–water partition coefficient (Wildman–Crippen LogP) is 17.9. The van der Waals surface area contributed by atoms with Gasteiger partial charge in [-0.3, -0.25) is 10.1 Å². The van der Waals surface area contributed by atoms with E-state index in [-0.39, 0.29) is 37.7 Å². The van der Waals surface area contributed by atoms with Crippen molar-refractivity contribution in [1.29, 1.82) is 0 Å². The molecule has 0 aliphatic heterocycles. The first kappa shape index (κ1) is 62.6. The number of benzene rings is 6. The maximum absolute atomic E-state index is 13.3. The average molecular weight is 1130 g/mol. The third-order valence-electron chi connectivity index (χ3n) is 17.5. The molecule has 1 fully saturated rings. The molecule has 2 aliphatic rings. The molecule has 1 saturated carbocycles. The minimum Gasteiger partial charge on any atom is -0.496 e. The molecule has 0 heterocycles. The van der Waals surface area contributed by atoms with Crippen LogP contribution in [0.3, 0.4) is 0 Å². The molecule has 0 spiro atoms. The molecule has 446 valence electrons. The molecule has 0 aromatic heterocycles. The van der Waals surface area contributed by atoms with E-state index in [1.54, 1.807) is 47.7 Å². The number of nitro benzene ring substituents is 1. The zero-order valence-corrected chi connectivity index (χ0v) is 54.2. The molecule has 0 amide bonds. The van der Waals surface area contributed by atoms with E-state index in [2.05, 4.69) is 165 Å². The molecule has 0 atom stereocenters. The molecule has 83 heavy (non-hydrogen) atoms. The Morgan fingerprint density at radius 3 is 0.735 bits per heavy atom. The van der Waals surface area contributed by atoms with Gasteiger partial charge in [0.15, 0.2) is 0 Å². The van der Waals surface area contributed by atoms with Gasteiger partial charge in [0.1, 0.15) is 34.5 Å². The molecule has 8 rings (SSSR count). The molecule has 0 saturated heterocycles. The average Bonchev–Trinajstić information content (AvgIpc) is 3.59. The van der Waals surface area contributed by atoms with Crippen LogP contribution in [0.2, 0.25) is 0 Å². The zero-order valence-electron chi connectivity index (χ0n) is 54.2. The lowest BCUT2D eigenvalue weighted by molar-refractivity contribution is -0.385. The number of nitro groups is 1. The van der Waals surface area contributed by atoms with Crippen LogP contribution in [0.1, 0.15) is 231 Å². The molecular formula is C74H97NO8. The normalized spacial score (nSPS) is 14.8. The summed E-state index contributed by atoms with van der Waals surface area (Å²) in [5.74, 6) is 5.04. The van der Waals surface area contributed by atoms with Crippen molar-refractivity contribution in [3.05, 3.63) is 177 Å². The fraction of sp³-hybridized carbons (Fsp3) is 0.514. The van der Waals surface area contributed by atoms with Gasteiger partial charge in [-0.2, -0.15) is 0 Å². The lowest BCUT2D eigenvalue weighted by atomic mass is 9.79. The summed E-state index contributed by atoms with van der Waals surface area (Å²) in [4.78, 5) is 13.1. The van der Waals surface area contributed by atoms with Crippen molar-refractivity contribution in [1.82, 2.24) is 0 Å². The maximum Gasteiger partial charge on any atom is 0.270 e. The highest BCUT2D eigenvalue weighted by molar-refractivity contribution is 5.62. The summed E-state index contributed by atoms with van der Waals surface area (Å²) in [6.45, 7) is 34.4. The number of hydrogen-bond acceptors (Lipinski definition) is 8. The van der Waals surface area contributed by atoms with E-state index in [0.29, 0.717) is 56.8 Å².